The number of ether oxygens (including phenoxy) is 4. The minimum atomic E-state index is -4.96. The van der Waals surface area contributed by atoms with Crippen LogP contribution in [0.3, 0.4) is 0 Å². The largest absolute Gasteiger partial charge is 0.472 e. The zero-order chi connectivity index (χ0) is 71.4. The third-order valence-electron chi connectivity index (χ3n) is 18.6. The van der Waals surface area contributed by atoms with Gasteiger partial charge in [-0.2, -0.15) is 0 Å². The molecule has 0 aliphatic rings. The molecule has 17 nitrogen and oxygen atoms in total. The van der Waals surface area contributed by atoms with Crippen LogP contribution in [0, 0.1) is 11.8 Å². The first-order valence-corrected chi connectivity index (χ1v) is 43.5. The van der Waals surface area contributed by atoms with Crippen LogP contribution in [0.25, 0.3) is 0 Å². The van der Waals surface area contributed by atoms with Gasteiger partial charge in [0.15, 0.2) is 12.2 Å². The van der Waals surface area contributed by atoms with Crippen molar-refractivity contribution in [2.24, 2.45) is 11.8 Å². The summed E-state index contributed by atoms with van der Waals surface area (Å²) in [6, 6.07) is 0. The Hall–Kier alpha value is -1.94. The van der Waals surface area contributed by atoms with Gasteiger partial charge in [-0.15, -0.1) is 0 Å². The maximum absolute atomic E-state index is 13.1. The molecule has 0 bridgehead atoms. The molecular weight excluding hydrogens is 1270 g/mol. The Morgan fingerprint density at radius 3 is 0.784 bits per heavy atom. The van der Waals surface area contributed by atoms with Crippen LogP contribution in [0.2, 0.25) is 0 Å². The van der Waals surface area contributed by atoms with Gasteiger partial charge in [-0.3, -0.25) is 37.3 Å². The first-order valence-electron chi connectivity index (χ1n) is 40.5. The van der Waals surface area contributed by atoms with E-state index in [1.54, 1.807) is 0 Å². The van der Waals surface area contributed by atoms with Gasteiger partial charge in [0.05, 0.1) is 26.4 Å². The highest BCUT2D eigenvalue weighted by Gasteiger charge is 2.30. The number of rotatable bonds is 77. The molecule has 0 aliphatic heterocycles. The van der Waals surface area contributed by atoms with E-state index in [1.165, 1.54) is 225 Å². The average Bonchev–Trinajstić information content (AvgIpc) is 1.32. The van der Waals surface area contributed by atoms with Gasteiger partial charge in [0, 0.05) is 25.7 Å². The summed E-state index contributed by atoms with van der Waals surface area (Å²) in [6.07, 6.45) is 58.1. The number of aliphatic hydroxyl groups is 1. The molecule has 6 atom stereocenters. The van der Waals surface area contributed by atoms with Crippen LogP contribution in [0.4, 0.5) is 0 Å². The Morgan fingerprint density at radius 1 is 0.299 bits per heavy atom. The number of hydrogen-bond acceptors (Lipinski definition) is 15. The second-order valence-electron chi connectivity index (χ2n) is 28.8. The fourth-order valence-corrected chi connectivity index (χ4v) is 13.6. The smallest absolute Gasteiger partial charge is 0.462 e. The molecule has 0 aromatic rings. The zero-order valence-electron chi connectivity index (χ0n) is 63.4. The molecule has 0 saturated carbocycles. The van der Waals surface area contributed by atoms with Crippen LogP contribution in [-0.4, -0.2) is 96.7 Å². The van der Waals surface area contributed by atoms with Crippen LogP contribution in [0.1, 0.15) is 408 Å². The van der Waals surface area contributed by atoms with E-state index in [4.69, 9.17) is 37.0 Å². The van der Waals surface area contributed by atoms with Crippen molar-refractivity contribution in [3.05, 3.63) is 0 Å². The van der Waals surface area contributed by atoms with Gasteiger partial charge < -0.3 is 33.8 Å². The predicted octanol–water partition coefficient (Wildman–Crippen LogP) is 23.1. The molecule has 97 heavy (non-hydrogen) atoms. The van der Waals surface area contributed by atoms with Crippen LogP contribution >= 0.6 is 15.6 Å². The van der Waals surface area contributed by atoms with Crippen molar-refractivity contribution < 1.29 is 80.2 Å². The lowest BCUT2D eigenvalue weighted by atomic mass is 9.99. The lowest BCUT2D eigenvalue weighted by Crippen LogP contribution is -2.30. The minimum absolute atomic E-state index is 0.108. The van der Waals surface area contributed by atoms with Crippen molar-refractivity contribution >= 4 is 39.5 Å². The maximum Gasteiger partial charge on any atom is 0.472 e. The Kier molecular flexibility index (Phi) is 68.4. The van der Waals surface area contributed by atoms with Crippen molar-refractivity contribution in [2.75, 3.05) is 39.6 Å². The van der Waals surface area contributed by atoms with E-state index in [2.05, 4.69) is 41.5 Å². The van der Waals surface area contributed by atoms with E-state index in [9.17, 15) is 43.2 Å². The maximum atomic E-state index is 13.1. The lowest BCUT2D eigenvalue weighted by Gasteiger charge is -2.21. The molecule has 576 valence electrons. The van der Waals surface area contributed by atoms with Crippen LogP contribution < -0.4 is 0 Å². The molecule has 0 saturated heterocycles. The summed E-state index contributed by atoms with van der Waals surface area (Å²) in [4.78, 5) is 72.9. The van der Waals surface area contributed by atoms with Crippen molar-refractivity contribution in [2.45, 2.75) is 426 Å². The number of hydrogen-bond donors (Lipinski definition) is 3. The number of carbonyl (C=O) groups excluding carboxylic acids is 4. The van der Waals surface area contributed by atoms with Crippen molar-refractivity contribution in [1.29, 1.82) is 0 Å². The van der Waals surface area contributed by atoms with E-state index in [0.29, 0.717) is 25.7 Å². The third-order valence-corrected chi connectivity index (χ3v) is 20.5. The van der Waals surface area contributed by atoms with Crippen LogP contribution in [0.5, 0.6) is 0 Å². The summed E-state index contributed by atoms with van der Waals surface area (Å²) in [7, 11) is -9.92. The number of unbranched alkanes of at least 4 members (excludes halogenated alkanes) is 46. The SMILES string of the molecule is CCCCCCCCCCCCCCCCCCCC(=O)O[C@H](COC(=O)CCCCCCCCCCCCC(C)CC)COP(=O)(O)OC[C@@H](O)COP(=O)(O)OC[C@@H](COC(=O)CCCCCCCCCCCC(C)C)OC(=O)CCCCCCCCCCCCCCCC. The van der Waals surface area contributed by atoms with Crippen LogP contribution in [0.15, 0.2) is 0 Å². The summed E-state index contributed by atoms with van der Waals surface area (Å²) >= 11 is 0. The second-order valence-corrected chi connectivity index (χ2v) is 31.7. The van der Waals surface area contributed by atoms with Gasteiger partial charge in [-0.25, -0.2) is 9.13 Å². The number of carbonyl (C=O) groups is 4. The molecule has 0 radical (unpaired) electrons. The van der Waals surface area contributed by atoms with Gasteiger partial charge in [-0.1, -0.05) is 356 Å². The topological polar surface area (TPSA) is 237 Å². The van der Waals surface area contributed by atoms with Crippen molar-refractivity contribution in [3.63, 3.8) is 0 Å². The van der Waals surface area contributed by atoms with Gasteiger partial charge in [0.1, 0.15) is 19.3 Å². The molecule has 0 aromatic carbocycles. The molecule has 0 heterocycles. The fraction of sp³-hybridized carbons (Fsp3) is 0.949. The summed E-state index contributed by atoms with van der Waals surface area (Å²) in [5, 5.41) is 10.6. The molecular formula is C78H152O17P2. The first kappa shape index (κ1) is 95.1. The van der Waals surface area contributed by atoms with E-state index in [0.717, 1.165) is 102 Å². The first-order chi connectivity index (χ1) is 46.9. The van der Waals surface area contributed by atoms with E-state index in [1.807, 2.05) is 0 Å². The monoisotopic (exact) mass is 1420 g/mol. The average molecular weight is 1420 g/mol. The molecule has 0 rings (SSSR count). The summed E-state index contributed by atoms with van der Waals surface area (Å²) < 4.78 is 68.6. The summed E-state index contributed by atoms with van der Waals surface area (Å²) in [5.41, 5.74) is 0. The molecule has 0 aromatic heterocycles. The number of aliphatic hydroxyl groups excluding tert-OH is 1. The van der Waals surface area contributed by atoms with Crippen LogP contribution in [-0.2, 0) is 65.4 Å². The number of phosphoric ester groups is 2. The van der Waals surface area contributed by atoms with E-state index in [-0.39, 0.29) is 25.7 Å². The molecule has 19 heteroatoms. The Bertz CT molecular complexity index is 1870. The highest BCUT2D eigenvalue weighted by molar-refractivity contribution is 7.47. The van der Waals surface area contributed by atoms with E-state index < -0.39 is 97.5 Å². The molecule has 0 aliphatic carbocycles. The third kappa shape index (κ3) is 70.9. The van der Waals surface area contributed by atoms with E-state index >= 15 is 0 Å². The quantitative estimate of drug-likeness (QED) is 0.0222. The van der Waals surface area contributed by atoms with Crippen molar-refractivity contribution in [3.8, 4) is 0 Å². The zero-order valence-corrected chi connectivity index (χ0v) is 65.2. The standard InChI is InChI=1S/C78H152O17P2/c1-7-10-12-14-16-18-20-22-24-25-26-28-30-38-45-51-57-63-78(83)94-73(66-88-75(80)60-54-48-42-36-32-31-35-41-47-53-59-71(6)9-3)68-92-96(84,85)90-64-72(79)65-91-97(86,87)93-69-74(67-89-76(81)61-55-49-43-39-33-34-40-46-52-58-70(4)5)95-77(82)62-56-50-44-37-29-27-23-21-19-17-15-13-11-8-2/h70-74,79H,7-69H2,1-6H3,(H,84,85)(H,86,87)/t71?,72-,73-,74-/m1/s1. The fourth-order valence-electron chi connectivity index (χ4n) is 12.0. The molecule has 3 unspecified atom stereocenters. The predicted molar refractivity (Wildman–Crippen MR) is 395 cm³/mol. The van der Waals surface area contributed by atoms with Gasteiger partial charge >= 0.3 is 39.5 Å². The Labute approximate surface area is 594 Å². The van der Waals surface area contributed by atoms with Gasteiger partial charge in [-0.05, 0) is 37.5 Å². The molecule has 0 amide bonds. The molecule has 0 fully saturated rings. The normalized spacial score (nSPS) is 14.2. The molecule has 0 spiro atoms. The highest BCUT2D eigenvalue weighted by atomic mass is 31.2. The van der Waals surface area contributed by atoms with Gasteiger partial charge in [0.25, 0.3) is 0 Å². The number of phosphoric acid groups is 2. The summed E-state index contributed by atoms with van der Waals surface area (Å²) in [6.45, 7) is 9.63. The highest BCUT2D eigenvalue weighted by Crippen LogP contribution is 2.45. The minimum Gasteiger partial charge on any atom is -0.462 e. The Morgan fingerprint density at radius 2 is 0.526 bits per heavy atom. The lowest BCUT2D eigenvalue weighted by molar-refractivity contribution is -0.161. The molecule has 3 N–H and O–H groups in total. The number of esters is 4. The Balaban J connectivity index is 5.27. The summed E-state index contributed by atoms with van der Waals surface area (Å²) in [5.74, 6) is -0.557. The van der Waals surface area contributed by atoms with Crippen molar-refractivity contribution in [1.82, 2.24) is 0 Å². The second kappa shape index (κ2) is 69.8. The van der Waals surface area contributed by atoms with Gasteiger partial charge in [0.2, 0.25) is 0 Å².